The van der Waals surface area contributed by atoms with Crippen LogP contribution in [0.1, 0.15) is 30.1 Å². The van der Waals surface area contributed by atoms with Gasteiger partial charge in [-0.2, -0.15) is 0 Å². The maximum Gasteiger partial charge on any atom is 0.138 e. The number of imidazole rings is 1. The first-order valence-electron chi connectivity index (χ1n) is 10.6. The zero-order valence-corrected chi connectivity index (χ0v) is 17.0. The quantitative estimate of drug-likeness (QED) is 0.677. The van der Waals surface area contributed by atoms with E-state index in [0.29, 0.717) is 0 Å². The molecule has 6 heteroatoms. The van der Waals surface area contributed by atoms with E-state index >= 15 is 0 Å². The third-order valence-corrected chi connectivity index (χ3v) is 6.29. The molecule has 1 atom stereocenters. The van der Waals surface area contributed by atoms with Crippen LogP contribution in [0.25, 0.3) is 5.65 Å². The van der Waals surface area contributed by atoms with Crippen molar-refractivity contribution in [3.05, 3.63) is 65.7 Å². The molecule has 5 rings (SSSR count). The second-order valence-electron chi connectivity index (χ2n) is 8.33. The maximum atomic E-state index is 13.6. The molecule has 2 aromatic heterocycles. The van der Waals surface area contributed by atoms with Crippen molar-refractivity contribution in [2.45, 2.75) is 25.4 Å². The zero-order chi connectivity index (χ0) is 19.8. The highest BCUT2D eigenvalue weighted by Gasteiger charge is 2.28. The number of aromatic nitrogens is 2. The first-order chi connectivity index (χ1) is 14.2. The molecule has 2 saturated heterocycles. The van der Waals surface area contributed by atoms with Crippen LogP contribution >= 0.6 is 0 Å². The van der Waals surface area contributed by atoms with Crippen molar-refractivity contribution in [3.8, 4) is 0 Å². The van der Waals surface area contributed by atoms with Crippen LogP contribution < -0.4 is 4.90 Å². The Labute approximate surface area is 171 Å². The van der Waals surface area contributed by atoms with Gasteiger partial charge in [0.2, 0.25) is 0 Å². The van der Waals surface area contributed by atoms with Crippen LogP contribution in [0.5, 0.6) is 0 Å². The smallest absolute Gasteiger partial charge is 0.138 e. The van der Waals surface area contributed by atoms with Gasteiger partial charge < -0.3 is 4.90 Å². The molecule has 0 N–H and O–H groups in total. The fourth-order valence-electron chi connectivity index (χ4n) is 4.67. The highest BCUT2D eigenvalue weighted by molar-refractivity contribution is 5.53. The zero-order valence-electron chi connectivity index (χ0n) is 17.0. The number of benzene rings is 1. The van der Waals surface area contributed by atoms with Gasteiger partial charge in [-0.1, -0.05) is 18.2 Å². The van der Waals surface area contributed by atoms with E-state index in [9.17, 15) is 4.39 Å². The molecular weight excluding hydrogens is 365 g/mol. The minimum atomic E-state index is -0.164. The number of hydrogen-bond donors (Lipinski definition) is 0. The average molecular weight is 394 g/mol. The molecule has 0 bridgehead atoms. The second kappa shape index (κ2) is 7.76. The number of pyridine rings is 1. The minimum Gasteiger partial charge on any atom is -0.358 e. The van der Waals surface area contributed by atoms with Crippen LogP contribution in [0.2, 0.25) is 0 Å². The molecule has 29 heavy (non-hydrogen) atoms. The van der Waals surface area contributed by atoms with Crippen molar-refractivity contribution in [3.63, 3.8) is 0 Å². The van der Waals surface area contributed by atoms with E-state index in [2.05, 4.69) is 50.5 Å². The van der Waals surface area contributed by atoms with E-state index in [1.807, 2.05) is 6.07 Å². The van der Waals surface area contributed by atoms with Gasteiger partial charge in [0.15, 0.2) is 0 Å². The first kappa shape index (κ1) is 18.6. The van der Waals surface area contributed by atoms with Gasteiger partial charge in [-0.15, -0.1) is 0 Å². The molecule has 1 aromatic carbocycles. The number of fused-ring (bicyclic) bond motifs is 1. The van der Waals surface area contributed by atoms with Crippen molar-refractivity contribution in [1.82, 2.24) is 19.2 Å². The lowest BCUT2D eigenvalue weighted by atomic mass is 10.1. The number of rotatable bonds is 4. The summed E-state index contributed by atoms with van der Waals surface area (Å²) in [6.45, 7) is 5.88. The van der Waals surface area contributed by atoms with Crippen LogP contribution in [0.3, 0.4) is 0 Å². The summed E-state index contributed by atoms with van der Waals surface area (Å²) in [4.78, 5) is 12.2. The first-order valence-corrected chi connectivity index (χ1v) is 10.6. The largest absolute Gasteiger partial charge is 0.358 e. The lowest BCUT2D eigenvalue weighted by Crippen LogP contribution is -2.46. The summed E-state index contributed by atoms with van der Waals surface area (Å²) in [6, 6.07) is 13.6. The Balaban J connectivity index is 1.40. The SMILES string of the molecule is CN1CCN(Cc2cccc(F)c2)CC1c1cn2c(N3CCCC3)cccc2n1. The summed E-state index contributed by atoms with van der Waals surface area (Å²) < 4.78 is 15.8. The molecule has 0 radical (unpaired) electrons. The van der Waals surface area contributed by atoms with Gasteiger partial charge in [0, 0.05) is 45.5 Å². The van der Waals surface area contributed by atoms with Gasteiger partial charge in [0.1, 0.15) is 17.3 Å². The van der Waals surface area contributed by atoms with Gasteiger partial charge >= 0.3 is 0 Å². The van der Waals surface area contributed by atoms with E-state index in [1.165, 1.54) is 24.7 Å². The van der Waals surface area contributed by atoms with Gasteiger partial charge in [0.05, 0.1) is 11.7 Å². The minimum absolute atomic E-state index is 0.164. The summed E-state index contributed by atoms with van der Waals surface area (Å²) in [5.74, 6) is 1.08. The van der Waals surface area contributed by atoms with Crippen molar-refractivity contribution in [2.24, 2.45) is 0 Å². The van der Waals surface area contributed by atoms with Crippen LogP contribution in [0.4, 0.5) is 10.2 Å². The Kier molecular flexibility index (Phi) is 4.97. The highest BCUT2D eigenvalue weighted by atomic mass is 19.1. The van der Waals surface area contributed by atoms with Crippen molar-refractivity contribution in [1.29, 1.82) is 0 Å². The fourth-order valence-corrected chi connectivity index (χ4v) is 4.67. The lowest BCUT2D eigenvalue weighted by Gasteiger charge is -2.38. The van der Waals surface area contributed by atoms with Gasteiger partial charge in [0.25, 0.3) is 0 Å². The monoisotopic (exact) mass is 393 g/mol. The van der Waals surface area contributed by atoms with E-state index in [0.717, 1.165) is 56.2 Å². The number of anilines is 1. The summed E-state index contributed by atoms with van der Waals surface area (Å²) in [7, 11) is 2.18. The Morgan fingerprint density at radius 3 is 2.69 bits per heavy atom. The molecule has 3 aromatic rings. The Morgan fingerprint density at radius 1 is 1.03 bits per heavy atom. The normalized spacial score (nSPS) is 21.3. The predicted octanol–water partition coefficient (Wildman–Crippen LogP) is 3.56. The third-order valence-electron chi connectivity index (χ3n) is 6.29. The summed E-state index contributed by atoms with van der Waals surface area (Å²) >= 11 is 0. The number of piperazine rings is 1. The van der Waals surface area contributed by atoms with Gasteiger partial charge in [-0.3, -0.25) is 14.2 Å². The molecule has 0 spiro atoms. The van der Waals surface area contributed by atoms with Crippen molar-refractivity contribution >= 4 is 11.5 Å². The molecule has 1 unspecified atom stereocenters. The molecule has 0 aliphatic carbocycles. The standard InChI is InChI=1S/C23H28FN5/c1-26-12-13-27(15-18-6-4-7-19(24)14-18)17-21(26)20-16-29-22(25-20)8-5-9-23(29)28-10-2-3-11-28/h4-9,14,16,21H,2-3,10-13,15,17H2,1H3. The number of nitrogens with zero attached hydrogens (tertiary/aromatic N) is 5. The molecule has 2 aliphatic rings. The lowest BCUT2D eigenvalue weighted by molar-refractivity contribution is 0.0885. The number of likely N-dealkylation sites (N-methyl/N-ethyl adjacent to an activating group) is 1. The van der Waals surface area contributed by atoms with Crippen LogP contribution in [0.15, 0.2) is 48.7 Å². The number of hydrogen-bond acceptors (Lipinski definition) is 4. The average Bonchev–Trinajstić information content (AvgIpc) is 3.39. The van der Waals surface area contributed by atoms with E-state index in [-0.39, 0.29) is 11.9 Å². The Morgan fingerprint density at radius 2 is 1.86 bits per heavy atom. The summed E-state index contributed by atoms with van der Waals surface area (Å²) in [5.41, 5.74) is 3.16. The van der Waals surface area contributed by atoms with Gasteiger partial charge in [-0.05, 0) is 49.7 Å². The molecule has 2 fully saturated rings. The second-order valence-corrected chi connectivity index (χ2v) is 8.33. The molecule has 152 valence electrons. The molecule has 0 amide bonds. The van der Waals surface area contributed by atoms with Crippen LogP contribution in [-0.2, 0) is 6.54 Å². The maximum absolute atomic E-state index is 13.6. The van der Waals surface area contributed by atoms with Gasteiger partial charge in [-0.25, -0.2) is 9.37 Å². The summed E-state index contributed by atoms with van der Waals surface area (Å²) in [6.07, 6.45) is 4.74. The molecule has 4 heterocycles. The number of halogens is 1. The fraction of sp³-hybridized carbons (Fsp3) is 0.435. The van der Waals surface area contributed by atoms with E-state index in [1.54, 1.807) is 12.1 Å². The molecule has 2 aliphatic heterocycles. The third kappa shape index (κ3) is 3.74. The Bertz CT molecular complexity index is 994. The molecular formula is C23H28FN5. The predicted molar refractivity (Wildman–Crippen MR) is 114 cm³/mol. The Hall–Kier alpha value is -2.44. The van der Waals surface area contributed by atoms with Crippen molar-refractivity contribution in [2.75, 3.05) is 44.7 Å². The van der Waals surface area contributed by atoms with Crippen LogP contribution in [-0.4, -0.2) is 59.0 Å². The van der Waals surface area contributed by atoms with Crippen LogP contribution in [0, 0.1) is 5.82 Å². The van der Waals surface area contributed by atoms with Crippen molar-refractivity contribution < 1.29 is 4.39 Å². The molecule has 0 saturated carbocycles. The van der Waals surface area contributed by atoms with E-state index in [4.69, 9.17) is 4.98 Å². The topological polar surface area (TPSA) is 27.0 Å². The summed E-state index contributed by atoms with van der Waals surface area (Å²) in [5, 5.41) is 0. The molecule has 5 nitrogen and oxygen atoms in total. The highest BCUT2D eigenvalue weighted by Crippen LogP contribution is 2.28. The van der Waals surface area contributed by atoms with E-state index < -0.39 is 0 Å².